The molecular weight excluding hydrogens is 330 g/mol. The average Bonchev–Trinajstić information content (AvgIpc) is 2.97. The minimum Gasteiger partial charge on any atom is -0.383 e. The summed E-state index contributed by atoms with van der Waals surface area (Å²) in [5.74, 6) is 1.38. The van der Waals surface area contributed by atoms with Crippen LogP contribution >= 0.6 is 38.8 Å². The van der Waals surface area contributed by atoms with E-state index in [9.17, 15) is 0 Å². The van der Waals surface area contributed by atoms with Gasteiger partial charge in [-0.05, 0) is 52.3 Å². The van der Waals surface area contributed by atoms with Gasteiger partial charge in [-0.25, -0.2) is 0 Å². The van der Waals surface area contributed by atoms with Gasteiger partial charge < -0.3 is 10.6 Å². The molecule has 2 heterocycles. The fraction of sp³-hybridized carbons (Fsp3) is 0.417. The summed E-state index contributed by atoms with van der Waals surface area (Å²) in [6.45, 7) is 0.914. The molecule has 0 unspecified atom stereocenters. The number of halogens is 1. The first-order valence-electron chi connectivity index (χ1n) is 5.84. The van der Waals surface area contributed by atoms with E-state index in [0.717, 1.165) is 16.8 Å². The lowest BCUT2D eigenvalue weighted by molar-refractivity contribution is 0.937. The molecule has 96 valence electrons. The van der Waals surface area contributed by atoms with Crippen molar-refractivity contribution in [1.29, 1.82) is 0 Å². The number of nitrogens with two attached hydrogens (primary N) is 1. The third-order valence-electron chi connectivity index (χ3n) is 3.08. The summed E-state index contributed by atoms with van der Waals surface area (Å²) in [7, 11) is 2.12. The molecule has 1 saturated carbocycles. The number of nitrogen functional groups attached to an aromatic ring is 1. The monoisotopic (exact) mass is 343 g/mol. The maximum Gasteiger partial charge on any atom is 0.142 e. The van der Waals surface area contributed by atoms with Crippen LogP contribution in [0.3, 0.4) is 0 Å². The normalized spacial score (nSPS) is 15.0. The highest BCUT2D eigenvalue weighted by Crippen LogP contribution is 2.48. The first-order valence-corrected chi connectivity index (χ1v) is 8.29. The van der Waals surface area contributed by atoms with Crippen LogP contribution in [0.1, 0.15) is 29.2 Å². The Morgan fingerprint density at radius 1 is 1.56 bits per heavy atom. The molecule has 1 fully saturated rings. The van der Waals surface area contributed by atoms with E-state index in [2.05, 4.69) is 43.7 Å². The molecule has 0 radical (unpaired) electrons. The lowest BCUT2D eigenvalue weighted by Gasteiger charge is -2.17. The maximum atomic E-state index is 5.99. The van der Waals surface area contributed by atoms with Crippen molar-refractivity contribution >= 4 is 49.6 Å². The van der Waals surface area contributed by atoms with Gasteiger partial charge in [0.15, 0.2) is 0 Å². The van der Waals surface area contributed by atoms with Crippen molar-refractivity contribution in [3.05, 3.63) is 26.4 Å². The Labute approximate surface area is 123 Å². The molecule has 2 aromatic heterocycles. The first kappa shape index (κ1) is 12.4. The zero-order valence-electron chi connectivity index (χ0n) is 10.0. The number of hydrogen-bond donors (Lipinski definition) is 1. The molecule has 2 aromatic rings. The molecule has 0 atom stereocenters. The number of nitrogens with zero attached hydrogens (tertiary/aromatic N) is 2. The SMILES string of the molecule is CN(Cc1cc(Br)cs1)c1snc(N)c1C1CC1. The second kappa shape index (κ2) is 4.83. The van der Waals surface area contributed by atoms with E-state index in [1.807, 2.05) is 0 Å². The van der Waals surface area contributed by atoms with E-state index < -0.39 is 0 Å². The van der Waals surface area contributed by atoms with Gasteiger partial charge in [0.1, 0.15) is 10.8 Å². The topological polar surface area (TPSA) is 42.2 Å². The predicted octanol–water partition coefficient (Wildman–Crippen LogP) is 4.06. The van der Waals surface area contributed by atoms with Gasteiger partial charge in [0.05, 0.1) is 6.54 Å². The van der Waals surface area contributed by atoms with E-state index in [4.69, 9.17) is 5.73 Å². The molecule has 18 heavy (non-hydrogen) atoms. The summed E-state index contributed by atoms with van der Waals surface area (Å²) in [5.41, 5.74) is 7.26. The summed E-state index contributed by atoms with van der Waals surface area (Å²) in [6, 6.07) is 2.17. The van der Waals surface area contributed by atoms with Crippen LogP contribution in [0, 0.1) is 0 Å². The van der Waals surface area contributed by atoms with Crippen LogP contribution in [0.5, 0.6) is 0 Å². The Kier molecular flexibility index (Phi) is 3.34. The Hall–Kier alpha value is -0.590. The van der Waals surface area contributed by atoms with E-state index >= 15 is 0 Å². The quantitative estimate of drug-likeness (QED) is 0.909. The largest absolute Gasteiger partial charge is 0.383 e. The number of hydrogen-bond acceptors (Lipinski definition) is 5. The van der Waals surface area contributed by atoms with Crippen LogP contribution in [0.15, 0.2) is 15.9 Å². The second-order valence-electron chi connectivity index (χ2n) is 4.65. The van der Waals surface area contributed by atoms with Gasteiger partial charge >= 0.3 is 0 Å². The van der Waals surface area contributed by atoms with Crippen molar-refractivity contribution in [3.8, 4) is 0 Å². The van der Waals surface area contributed by atoms with Crippen LogP contribution in [0.4, 0.5) is 10.8 Å². The number of thiophene rings is 1. The fourth-order valence-corrected chi connectivity index (χ4v) is 4.43. The molecule has 2 N–H and O–H groups in total. The van der Waals surface area contributed by atoms with Gasteiger partial charge in [-0.15, -0.1) is 11.3 Å². The molecule has 0 aliphatic heterocycles. The molecule has 0 spiro atoms. The third kappa shape index (κ3) is 2.41. The van der Waals surface area contributed by atoms with Gasteiger partial charge in [0.2, 0.25) is 0 Å². The van der Waals surface area contributed by atoms with E-state index in [1.54, 1.807) is 11.3 Å². The van der Waals surface area contributed by atoms with Crippen LogP contribution in [0.25, 0.3) is 0 Å². The Morgan fingerprint density at radius 3 is 2.94 bits per heavy atom. The molecule has 1 aliphatic carbocycles. The van der Waals surface area contributed by atoms with Crippen LogP contribution in [-0.4, -0.2) is 11.4 Å². The molecule has 3 rings (SSSR count). The zero-order chi connectivity index (χ0) is 12.7. The minimum atomic E-state index is 0.649. The molecule has 6 heteroatoms. The highest BCUT2D eigenvalue weighted by molar-refractivity contribution is 9.10. The first-order chi connectivity index (χ1) is 8.65. The van der Waals surface area contributed by atoms with Crippen molar-refractivity contribution in [2.24, 2.45) is 0 Å². The van der Waals surface area contributed by atoms with Crippen LogP contribution in [0.2, 0.25) is 0 Å². The number of anilines is 2. The molecule has 0 aromatic carbocycles. The van der Waals surface area contributed by atoms with Crippen molar-refractivity contribution < 1.29 is 0 Å². The number of rotatable bonds is 4. The summed E-state index contributed by atoms with van der Waals surface area (Å²) < 4.78 is 5.47. The smallest absolute Gasteiger partial charge is 0.142 e. The Morgan fingerprint density at radius 2 is 2.33 bits per heavy atom. The molecule has 0 bridgehead atoms. The van der Waals surface area contributed by atoms with Gasteiger partial charge in [0, 0.05) is 27.3 Å². The third-order valence-corrected chi connectivity index (χ3v) is 5.76. The van der Waals surface area contributed by atoms with Crippen molar-refractivity contribution in [2.75, 3.05) is 17.7 Å². The van der Waals surface area contributed by atoms with Gasteiger partial charge in [-0.3, -0.25) is 0 Å². The van der Waals surface area contributed by atoms with Gasteiger partial charge in [0.25, 0.3) is 0 Å². The highest BCUT2D eigenvalue weighted by Gasteiger charge is 2.31. The highest BCUT2D eigenvalue weighted by atomic mass is 79.9. The lowest BCUT2D eigenvalue weighted by atomic mass is 10.2. The van der Waals surface area contributed by atoms with Gasteiger partial charge in [-0.1, -0.05) is 0 Å². The van der Waals surface area contributed by atoms with Crippen molar-refractivity contribution in [2.45, 2.75) is 25.3 Å². The Bertz CT molecular complexity index is 559. The molecule has 0 amide bonds. The van der Waals surface area contributed by atoms with Crippen molar-refractivity contribution in [3.63, 3.8) is 0 Å². The molecule has 0 saturated heterocycles. The molecular formula is C12H14BrN3S2. The van der Waals surface area contributed by atoms with Crippen LogP contribution in [-0.2, 0) is 6.54 Å². The maximum absolute atomic E-state index is 5.99. The zero-order valence-corrected chi connectivity index (χ0v) is 13.2. The van der Waals surface area contributed by atoms with E-state index in [-0.39, 0.29) is 0 Å². The summed E-state index contributed by atoms with van der Waals surface area (Å²) in [6.07, 6.45) is 2.52. The summed E-state index contributed by atoms with van der Waals surface area (Å²) in [5, 5.41) is 3.35. The van der Waals surface area contributed by atoms with E-state index in [0.29, 0.717) is 5.92 Å². The number of aromatic nitrogens is 1. The average molecular weight is 344 g/mol. The minimum absolute atomic E-state index is 0.649. The van der Waals surface area contributed by atoms with Gasteiger partial charge in [-0.2, -0.15) is 4.37 Å². The summed E-state index contributed by atoms with van der Waals surface area (Å²) in [4.78, 5) is 3.61. The summed E-state index contributed by atoms with van der Waals surface area (Å²) >= 11 is 6.79. The predicted molar refractivity (Wildman–Crippen MR) is 82.6 cm³/mol. The van der Waals surface area contributed by atoms with Crippen LogP contribution < -0.4 is 10.6 Å². The Balaban J connectivity index is 1.81. The second-order valence-corrected chi connectivity index (χ2v) is 7.31. The lowest BCUT2D eigenvalue weighted by Crippen LogP contribution is -2.15. The standard InChI is InChI=1S/C12H14BrN3S2/c1-16(5-9-4-8(13)6-17-9)12-10(7-2-3-7)11(14)15-18-12/h4,6-7H,2-3,5H2,1H3,(H2,14,15). The van der Waals surface area contributed by atoms with E-state index in [1.165, 1.54) is 39.8 Å². The fourth-order valence-electron chi connectivity index (χ4n) is 2.07. The molecule has 1 aliphatic rings. The molecule has 3 nitrogen and oxygen atoms in total. The van der Waals surface area contributed by atoms with Crippen molar-refractivity contribution in [1.82, 2.24) is 4.37 Å².